The Hall–Kier alpha value is -0.520. The Bertz CT molecular complexity index is 392. The summed E-state index contributed by atoms with van der Waals surface area (Å²) in [5.74, 6) is 0.238. The molecule has 0 aromatic heterocycles. The fourth-order valence-corrected chi connectivity index (χ4v) is 2.13. The van der Waals surface area contributed by atoms with Gasteiger partial charge in [-0.3, -0.25) is 4.79 Å². The molecule has 0 rings (SSSR count). The van der Waals surface area contributed by atoms with Crippen molar-refractivity contribution in [3.63, 3.8) is 0 Å². The van der Waals surface area contributed by atoms with E-state index in [1.165, 1.54) is 0 Å². The summed E-state index contributed by atoms with van der Waals surface area (Å²) in [5.41, 5.74) is -0.463. The Balaban J connectivity index is 3.10. The minimum absolute atomic E-state index is 0.240. The zero-order chi connectivity index (χ0) is 23.0. The summed E-state index contributed by atoms with van der Waals surface area (Å²) in [6.07, 6.45) is 0.240. The highest BCUT2D eigenvalue weighted by Gasteiger charge is 2.15. The van der Waals surface area contributed by atoms with E-state index < -0.39 is 5.60 Å². The molecule has 0 heterocycles. The Labute approximate surface area is 191 Å². The Kier molecular flexibility index (Phi) is 22.3. The van der Waals surface area contributed by atoms with Crippen LogP contribution < -0.4 is 0 Å². The predicted octanol–water partition coefficient (Wildman–Crippen LogP) is 2.07. The van der Waals surface area contributed by atoms with E-state index in [-0.39, 0.29) is 12.4 Å². The third kappa shape index (κ3) is 27.4. The normalized spacial score (nSPS) is 11.7. The molecule has 0 aromatic carbocycles. The van der Waals surface area contributed by atoms with Gasteiger partial charge in [-0.1, -0.05) is 0 Å². The quantitative estimate of drug-likeness (QED) is 0.126. The second kappa shape index (κ2) is 22.7. The van der Waals surface area contributed by atoms with E-state index >= 15 is 0 Å². The first kappa shape index (κ1) is 30.5. The van der Waals surface area contributed by atoms with Crippen molar-refractivity contribution >= 4 is 17.6 Å². The van der Waals surface area contributed by atoms with Crippen LogP contribution in [-0.4, -0.2) is 110 Å². The third-order valence-electron chi connectivity index (χ3n) is 3.32. The van der Waals surface area contributed by atoms with Crippen LogP contribution >= 0.6 is 11.6 Å². The van der Waals surface area contributed by atoms with Gasteiger partial charge in [0.1, 0.15) is 5.60 Å². The smallest absolute Gasteiger partial charge is 0.308 e. The third-order valence-corrected chi connectivity index (χ3v) is 3.48. The highest BCUT2D eigenvalue weighted by Crippen LogP contribution is 2.07. The van der Waals surface area contributed by atoms with Gasteiger partial charge in [-0.05, 0) is 20.8 Å². The maximum Gasteiger partial charge on any atom is 0.308 e. The van der Waals surface area contributed by atoms with Gasteiger partial charge in [-0.2, -0.15) is 0 Å². The van der Waals surface area contributed by atoms with Crippen molar-refractivity contribution in [1.29, 1.82) is 0 Å². The number of hydrogen-bond donors (Lipinski definition) is 0. The number of esters is 1. The summed E-state index contributed by atoms with van der Waals surface area (Å²) in [5, 5.41) is 0. The molecule has 0 radical (unpaired) electrons. The number of carbonyl (C=O) groups is 1. The van der Waals surface area contributed by atoms with Crippen molar-refractivity contribution in [2.45, 2.75) is 32.8 Å². The highest BCUT2D eigenvalue weighted by atomic mass is 35.5. The van der Waals surface area contributed by atoms with Crippen molar-refractivity contribution in [1.82, 2.24) is 0 Å². The first-order chi connectivity index (χ1) is 15.0. The average molecular weight is 473 g/mol. The summed E-state index contributed by atoms with van der Waals surface area (Å²) in [7, 11) is 0. The molecule has 186 valence electrons. The second-order valence-corrected chi connectivity index (χ2v) is 7.69. The van der Waals surface area contributed by atoms with Gasteiger partial charge in [0, 0.05) is 5.88 Å². The van der Waals surface area contributed by atoms with Crippen LogP contribution in [0.5, 0.6) is 0 Å². The molecule has 0 aliphatic heterocycles. The number of halogens is 1. The molecule has 0 amide bonds. The van der Waals surface area contributed by atoms with Crippen LogP contribution in [0.2, 0.25) is 0 Å². The van der Waals surface area contributed by atoms with Crippen molar-refractivity contribution in [3.05, 3.63) is 0 Å². The maximum absolute atomic E-state index is 11.5. The molecule has 9 nitrogen and oxygen atoms in total. The van der Waals surface area contributed by atoms with Gasteiger partial charge < -0.3 is 37.9 Å². The van der Waals surface area contributed by atoms with E-state index in [9.17, 15) is 4.79 Å². The number of alkyl halides is 1. The molecule has 0 aliphatic carbocycles. The van der Waals surface area contributed by atoms with Gasteiger partial charge in [0.25, 0.3) is 0 Å². The molecular weight excluding hydrogens is 432 g/mol. The molecule has 0 saturated heterocycles. The van der Waals surface area contributed by atoms with E-state index in [4.69, 9.17) is 49.5 Å². The largest absolute Gasteiger partial charge is 0.460 e. The SMILES string of the molecule is CC(C)(C)OC(=O)CCOCCOCCOCCOCCOCCOCCOCCCl. The lowest BCUT2D eigenvalue weighted by atomic mass is 10.2. The minimum Gasteiger partial charge on any atom is -0.460 e. The van der Waals surface area contributed by atoms with Crippen LogP contribution in [0.3, 0.4) is 0 Å². The number of hydrogen-bond acceptors (Lipinski definition) is 9. The molecule has 0 fully saturated rings. The molecule has 0 saturated carbocycles. The molecule has 0 atom stereocenters. The van der Waals surface area contributed by atoms with Gasteiger partial charge in [-0.15, -0.1) is 11.6 Å². The zero-order valence-electron chi connectivity index (χ0n) is 19.4. The first-order valence-corrected chi connectivity index (χ1v) is 11.3. The van der Waals surface area contributed by atoms with Gasteiger partial charge >= 0.3 is 5.97 Å². The van der Waals surface area contributed by atoms with Crippen molar-refractivity contribution in [2.24, 2.45) is 0 Å². The summed E-state index contributed by atoms with van der Waals surface area (Å²) in [6.45, 7) is 12.4. The predicted molar refractivity (Wildman–Crippen MR) is 117 cm³/mol. The molecule has 0 bridgehead atoms. The Morgan fingerprint density at radius 2 is 0.839 bits per heavy atom. The van der Waals surface area contributed by atoms with E-state index in [2.05, 4.69) is 0 Å². The highest BCUT2D eigenvalue weighted by molar-refractivity contribution is 6.17. The average Bonchev–Trinajstić information content (AvgIpc) is 2.70. The molecule has 31 heavy (non-hydrogen) atoms. The standard InChI is InChI=1S/C21H41ClO9/c1-21(2,3)31-20(23)4-6-24-8-10-26-12-14-28-16-18-30-19-17-29-15-13-27-11-9-25-7-5-22/h4-19H2,1-3H3. The maximum atomic E-state index is 11.5. The number of ether oxygens (including phenoxy) is 8. The van der Waals surface area contributed by atoms with Crippen LogP contribution in [0.25, 0.3) is 0 Å². The van der Waals surface area contributed by atoms with Gasteiger partial charge in [0.05, 0.1) is 98.9 Å². The zero-order valence-corrected chi connectivity index (χ0v) is 20.1. The number of carbonyl (C=O) groups excluding carboxylic acids is 1. The Morgan fingerprint density at radius 3 is 1.13 bits per heavy atom. The molecular formula is C21H41ClO9. The van der Waals surface area contributed by atoms with Crippen LogP contribution in [0, 0.1) is 0 Å². The summed E-state index contributed by atoms with van der Waals surface area (Å²) < 4.78 is 42.6. The Morgan fingerprint density at radius 1 is 0.548 bits per heavy atom. The molecule has 0 spiro atoms. The monoisotopic (exact) mass is 472 g/mol. The number of rotatable bonds is 23. The molecule has 0 aliphatic rings. The lowest BCUT2D eigenvalue weighted by molar-refractivity contribution is -0.156. The van der Waals surface area contributed by atoms with Crippen molar-refractivity contribution in [3.8, 4) is 0 Å². The van der Waals surface area contributed by atoms with Crippen LogP contribution in [0.1, 0.15) is 27.2 Å². The first-order valence-electron chi connectivity index (χ1n) is 10.8. The summed E-state index contributed by atoms with van der Waals surface area (Å²) in [4.78, 5) is 11.5. The van der Waals surface area contributed by atoms with E-state index in [1.807, 2.05) is 20.8 Å². The van der Waals surface area contributed by atoms with Gasteiger partial charge in [0.15, 0.2) is 0 Å². The van der Waals surface area contributed by atoms with E-state index in [0.717, 1.165) is 0 Å². The minimum atomic E-state index is -0.463. The van der Waals surface area contributed by atoms with Crippen LogP contribution in [-0.2, 0) is 42.7 Å². The lowest BCUT2D eigenvalue weighted by Crippen LogP contribution is -2.24. The molecule has 0 unspecified atom stereocenters. The fraction of sp³-hybridized carbons (Fsp3) is 0.952. The molecule has 0 N–H and O–H groups in total. The topological polar surface area (TPSA) is 90.9 Å². The molecule has 0 aromatic rings. The van der Waals surface area contributed by atoms with Crippen molar-refractivity contribution in [2.75, 3.05) is 98.4 Å². The van der Waals surface area contributed by atoms with Gasteiger partial charge in [0.2, 0.25) is 0 Å². The molecule has 10 heteroatoms. The fourth-order valence-electron chi connectivity index (χ4n) is 2.02. The second-order valence-electron chi connectivity index (χ2n) is 7.31. The summed E-state index contributed by atoms with van der Waals surface area (Å²) >= 11 is 5.49. The van der Waals surface area contributed by atoms with E-state index in [1.54, 1.807) is 0 Å². The van der Waals surface area contributed by atoms with Crippen LogP contribution in [0.15, 0.2) is 0 Å². The lowest BCUT2D eigenvalue weighted by Gasteiger charge is -2.19. The summed E-state index contributed by atoms with van der Waals surface area (Å²) in [6, 6.07) is 0. The van der Waals surface area contributed by atoms with Gasteiger partial charge in [-0.25, -0.2) is 0 Å². The van der Waals surface area contributed by atoms with Crippen molar-refractivity contribution < 1.29 is 42.7 Å². The van der Waals surface area contributed by atoms with Crippen LogP contribution in [0.4, 0.5) is 0 Å². The van der Waals surface area contributed by atoms with E-state index in [0.29, 0.717) is 98.4 Å².